The van der Waals surface area contributed by atoms with Gasteiger partial charge < -0.3 is 43.7 Å². The minimum Gasteiger partial charge on any atom is -0.456 e. The van der Waals surface area contributed by atoms with E-state index in [1.807, 2.05) is 39.9 Å². The summed E-state index contributed by atoms with van der Waals surface area (Å²) >= 11 is 0. The first kappa shape index (κ1) is 50.9. The summed E-state index contributed by atoms with van der Waals surface area (Å²) in [7, 11) is -5.32. The first-order valence-corrected chi connectivity index (χ1v) is 28.8. The van der Waals surface area contributed by atoms with Crippen molar-refractivity contribution in [2.75, 3.05) is 6.61 Å². The number of fused-ring (bicyclic) bond motifs is 5. The summed E-state index contributed by atoms with van der Waals surface area (Å²) < 4.78 is 32.9. The summed E-state index contributed by atoms with van der Waals surface area (Å²) in [6, 6.07) is 18.9. The van der Waals surface area contributed by atoms with Crippen LogP contribution < -0.4 is 5.32 Å². The van der Waals surface area contributed by atoms with E-state index in [0.29, 0.717) is 16.7 Å². The van der Waals surface area contributed by atoms with Gasteiger partial charge in [0.2, 0.25) is 0 Å². The highest BCUT2D eigenvalue weighted by atomic mass is 28.4. The lowest BCUT2D eigenvalue weighted by Crippen LogP contribution is -2.82. The van der Waals surface area contributed by atoms with Gasteiger partial charge in [-0.05, 0) is 79.0 Å². The highest BCUT2D eigenvalue weighted by molar-refractivity contribution is 6.74. The molecule has 1 heterocycles. The van der Waals surface area contributed by atoms with Crippen molar-refractivity contribution in [3.63, 3.8) is 0 Å². The third-order valence-corrected chi connectivity index (χ3v) is 25.6. The SMILES string of the molecule is CC[Si](CC)(CC)OC1C[C@H]2OC[C@@]2(OC(C)=O)C2[C@H](O)[C@]3(O)C[C@H](OC(=O)C(O[Si](C)(C)C(C)(C)C)[C@@H](NC(=O)c4ccccc4)c4ccccc4)C(C)=C([C@@H](O)C(=O)[C@]12C)C3(C)C. The molecule has 3 unspecified atom stereocenters. The summed E-state index contributed by atoms with van der Waals surface area (Å²) in [5.74, 6) is -3.92. The average Bonchev–Trinajstić information content (AvgIpc) is 3.25. The van der Waals surface area contributed by atoms with Gasteiger partial charge in [-0.15, -0.1) is 0 Å². The lowest BCUT2D eigenvalue weighted by atomic mass is 9.44. The molecule has 2 saturated carbocycles. The molecule has 0 aromatic heterocycles. The van der Waals surface area contributed by atoms with Crippen LogP contribution in [0.15, 0.2) is 71.8 Å². The van der Waals surface area contributed by atoms with Gasteiger partial charge in [0.1, 0.15) is 23.9 Å². The second-order valence-corrected chi connectivity index (χ2v) is 30.7. The van der Waals surface area contributed by atoms with Gasteiger partial charge in [0.15, 0.2) is 34.1 Å². The number of carbonyl (C=O) groups excluding carboxylic acids is 4. The van der Waals surface area contributed by atoms with Gasteiger partial charge in [0.25, 0.3) is 5.91 Å². The number of esters is 2. The number of hydrogen-bond acceptors (Lipinski definition) is 12. The number of rotatable bonds is 14. The van der Waals surface area contributed by atoms with Crippen LogP contribution in [0.25, 0.3) is 0 Å². The number of hydrogen-bond donors (Lipinski definition) is 4. The van der Waals surface area contributed by atoms with Gasteiger partial charge in [-0.1, -0.05) is 104 Å². The fourth-order valence-electron chi connectivity index (χ4n) is 11.1. The molecule has 358 valence electrons. The van der Waals surface area contributed by atoms with E-state index in [2.05, 4.69) is 26.1 Å². The standard InChI is InChI=1S/C50H73NO12Si2/c1-14-65(15-2,16-3)62-35-27-36-49(29-59-36,61-31(5)52)41-43(55)50(58)28-34(30(4)37(47(50,9)10)39(53)42(54)48(35,41)11)60-45(57)40(63-64(12,13)46(6,7)8)38(32-23-19-17-20-24-32)51-44(56)33-25-21-18-22-26-33/h17-26,34-36,38-41,43,53,55,58H,14-16,27-29H2,1-13H3,(H,51,56)/t34-,35?,36+,38-,39+,40?,41?,43-,48+,49-,50+/m0/s1. The van der Waals surface area contributed by atoms with Crippen LogP contribution in [-0.4, -0.2) is 110 Å². The summed E-state index contributed by atoms with van der Waals surface area (Å²) in [6.07, 6.45) is -8.19. The number of aliphatic hydroxyl groups is 3. The largest absolute Gasteiger partial charge is 0.456 e. The van der Waals surface area contributed by atoms with Gasteiger partial charge >= 0.3 is 11.9 Å². The van der Waals surface area contributed by atoms with E-state index in [1.165, 1.54) is 6.92 Å². The van der Waals surface area contributed by atoms with E-state index < -0.39 is 111 Å². The minimum atomic E-state index is -2.84. The number of nitrogens with one attached hydrogen (secondary N) is 1. The van der Waals surface area contributed by atoms with Crippen molar-refractivity contribution in [3.8, 4) is 0 Å². The normalized spacial score (nSPS) is 32.1. The van der Waals surface area contributed by atoms with Crippen LogP contribution in [0.5, 0.6) is 0 Å². The molecule has 2 aromatic rings. The number of carbonyl (C=O) groups is 4. The third kappa shape index (κ3) is 8.55. The Morgan fingerprint density at radius 1 is 0.938 bits per heavy atom. The minimum absolute atomic E-state index is 0.115. The molecule has 1 aliphatic heterocycles. The first-order chi connectivity index (χ1) is 30.2. The molecule has 6 rings (SSSR count). The van der Waals surface area contributed by atoms with Crippen LogP contribution >= 0.6 is 0 Å². The molecule has 15 heteroatoms. The van der Waals surface area contributed by atoms with Crippen molar-refractivity contribution >= 4 is 40.3 Å². The maximum Gasteiger partial charge on any atom is 0.337 e. The zero-order valence-electron chi connectivity index (χ0n) is 40.7. The Kier molecular flexibility index (Phi) is 14.2. The molecule has 4 N–H and O–H groups in total. The van der Waals surface area contributed by atoms with Gasteiger partial charge in [0, 0.05) is 36.7 Å². The van der Waals surface area contributed by atoms with Crippen molar-refractivity contribution in [2.45, 2.75) is 179 Å². The van der Waals surface area contributed by atoms with Crippen LogP contribution in [0.1, 0.15) is 111 Å². The molecule has 2 bridgehead atoms. The summed E-state index contributed by atoms with van der Waals surface area (Å²) in [5, 5.41) is 42.0. The first-order valence-electron chi connectivity index (χ1n) is 23.3. The lowest BCUT2D eigenvalue weighted by Gasteiger charge is -2.68. The van der Waals surface area contributed by atoms with E-state index >= 15 is 9.59 Å². The van der Waals surface area contributed by atoms with Gasteiger partial charge in [-0.3, -0.25) is 14.4 Å². The van der Waals surface area contributed by atoms with E-state index in [0.717, 1.165) is 18.1 Å². The number of benzene rings is 2. The molecule has 0 radical (unpaired) electrons. The highest BCUT2D eigenvalue weighted by Crippen LogP contribution is 2.64. The Labute approximate surface area is 387 Å². The van der Waals surface area contributed by atoms with Crippen LogP contribution in [0.2, 0.25) is 36.3 Å². The Balaban J connectivity index is 1.50. The van der Waals surface area contributed by atoms with Crippen molar-refractivity contribution in [3.05, 3.63) is 82.9 Å². The molecule has 3 aliphatic carbocycles. The number of aliphatic hydroxyl groups excluding tert-OH is 2. The van der Waals surface area contributed by atoms with Crippen molar-refractivity contribution in [1.29, 1.82) is 0 Å². The average molecular weight is 936 g/mol. The summed E-state index contributed by atoms with van der Waals surface area (Å²) in [5.41, 5.74) is -5.54. The van der Waals surface area contributed by atoms with Gasteiger partial charge in [-0.2, -0.15) is 0 Å². The molecule has 4 aliphatic rings. The topological polar surface area (TPSA) is 187 Å². The molecular weight excluding hydrogens is 863 g/mol. The maximum atomic E-state index is 15.6. The van der Waals surface area contributed by atoms with Crippen LogP contribution in [-0.2, 0) is 37.4 Å². The highest BCUT2D eigenvalue weighted by Gasteiger charge is 2.77. The fraction of sp³-hybridized carbons (Fsp3) is 0.640. The van der Waals surface area contributed by atoms with Gasteiger partial charge in [0.05, 0.1) is 30.3 Å². The van der Waals surface area contributed by atoms with E-state index in [9.17, 15) is 24.9 Å². The molecule has 13 nitrogen and oxygen atoms in total. The van der Waals surface area contributed by atoms with Crippen LogP contribution in [0.3, 0.4) is 0 Å². The Bertz CT molecular complexity index is 2130. The monoisotopic (exact) mass is 935 g/mol. The second-order valence-electron chi connectivity index (χ2n) is 21.2. The molecule has 11 atom stereocenters. The Hall–Kier alpha value is -3.55. The van der Waals surface area contributed by atoms with Gasteiger partial charge in [-0.25, -0.2) is 4.79 Å². The predicted octanol–water partition coefficient (Wildman–Crippen LogP) is 7.36. The molecular formula is C50H73NO12Si2. The van der Waals surface area contributed by atoms with Crippen molar-refractivity contribution in [2.24, 2.45) is 16.7 Å². The lowest BCUT2D eigenvalue weighted by molar-refractivity contribution is -0.345. The predicted molar refractivity (Wildman–Crippen MR) is 251 cm³/mol. The summed E-state index contributed by atoms with van der Waals surface area (Å²) in [6.45, 7) is 24.1. The summed E-state index contributed by atoms with van der Waals surface area (Å²) in [4.78, 5) is 57.7. The molecule has 3 fully saturated rings. The molecule has 2 aromatic carbocycles. The molecule has 1 amide bonds. The molecule has 1 saturated heterocycles. The Morgan fingerprint density at radius 2 is 1.51 bits per heavy atom. The van der Waals surface area contributed by atoms with E-state index in [1.54, 1.807) is 82.3 Å². The zero-order chi connectivity index (χ0) is 48.3. The second kappa shape index (κ2) is 18.2. The van der Waals surface area contributed by atoms with Crippen molar-refractivity contribution < 1.29 is 57.6 Å². The fourth-order valence-corrected chi connectivity index (χ4v) is 15.3. The number of ketones is 1. The zero-order valence-corrected chi connectivity index (χ0v) is 42.7. The Morgan fingerprint density at radius 3 is 2.02 bits per heavy atom. The maximum absolute atomic E-state index is 15.6. The molecule has 0 spiro atoms. The number of Topliss-reactive ketones (excluding diaryl/α,β-unsaturated/α-hetero) is 1. The number of ether oxygens (including phenoxy) is 3. The smallest absolute Gasteiger partial charge is 0.337 e. The van der Waals surface area contributed by atoms with E-state index in [4.69, 9.17) is 23.1 Å². The number of amides is 1. The van der Waals surface area contributed by atoms with E-state index in [-0.39, 0.29) is 30.1 Å². The van der Waals surface area contributed by atoms with Crippen molar-refractivity contribution in [1.82, 2.24) is 5.32 Å². The van der Waals surface area contributed by atoms with Crippen LogP contribution in [0.4, 0.5) is 0 Å². The quantitative estimate of drug-likeness (QED) is 0.0839. The van der Waals surface area contributed by atoms with Crippen LogP contribution in [0, 0.1) is 16.7 Å². The third-order valence-electron chi connectivity index (χ3n) is 16.5. The molecule has 65 heavy (non-hydrogen) atoms.